The van der Waals surface area contributed by atoms with Gasteiger partial charge in [-0.2, -0.15) is 11.8 Å². The molecule has 1 saturated heterocycles. The van der Waals surface area contributed by atoms with Crippen molar-refractivity contribution in [3.63, 3.8) is 0 Å². The second-order valence-electron chi connectivity index (χ2n) is 8.76. The van der Waals surface area contributed by atoms with Crippen molar-refractivity contribution in [1.82, 2.24) is 20.5 Å². The average Bonchev–Trinajstić information content (AvgIpc) is 3.36. The van der Waals surface area contributed by atoms with Gasteiger partial charge in [0.05, 0.1) is 6.04 Å². The second kappa shape index (κ2) is 9.40. The number of nitrogens with two attached hydrogens (primary N) is 1. The fourth-order valence-electron chi connectivity index (χ4n) is 4.77. The number of thioether (sulfide) groups is 1. The number of nitrogens with one attached hydrogen (secondary N) is 2. The summed E-state index contributed by atoms with van der Waals surface area (Å²) in [4.78, 5) is 43.3. The van der Waals surface area contributed by atoms with Crippen LogP contribution in [-0.2, 0) is 4.79 Å². The van der Waals surface area contributed by atoms with E-state index < -0.39 is 12.1 Å². The van der Waals surface area contributed by atoms with Gasteiger partial charge < -0.3 is 25.7 Å². The highest BCUT2D eigenvalue weighted by Gasteiger charge is 2.49. The zero-order valence-electron chi connectivity index (χ0n) is 18.1. The number of amides is 4. The van der Waals surface area contributed by atoms with Crippen molar-refractivity contribution in [3.05, 3.63) is 30.3 Å². The highest BCUT2D eigenvalue weighted by Crippen LogP contribution is 2.50. The maximum Gasteiger partial charge on any atom is 0.312 e. The summed E-state index contributed by atoms with van der Waals surface area (Å²) in [7, 11) is 0. The number of carbonyl (C=O) groups excluding carboxylic acids is 3. The molecule has 3 heterocycles. The van der Waals surface area contributed by atoms with E-state index in [-0.39, 0.29) is 29.0 Å². The zero-order chi connectivity index (χ0) is 22.7. The van der Waals surface area contributed by atoms with Crippen molar-refractivity contribution >= 4 is 40.6 Å². The van der Waals surface area contributed by atoms with Crippen molar-refractivity contribution in [1.29, 1.82) is 0 Å². The highest BCUT2D eigenvalue weighted by molar-refractivity contribution is 7.98. The number of rotatable bonds is 8. The summed E-state index contributed by atoms with van der Waals surface area (Å²) in [6.45, 7) is 0.988. The van der Waals surface area contributed by atoms with Crippen molar-refractivity contribution in [2.24, 2.45) is 11.1 Å². The van der Waals surface area contributed by atoms with Crippen LogP contribution in [0.3, 0.4) is 0 Å². The predicted molar refractivity (Wildman–Crippen MR) is 122 cm³/mol. The second-order valence-corrected chi connectivity index (χ2v) is 9.74. The van der Waals surface area contributed by atoms with Crippen LogP contribution in [0, 0.1) is 5.41 Å². The van der Waals surface area contributed by atoms with E-state index in [1.54, 1.807) is 36.3 Å². The minimum atomic E-state index is -0.725. The Labute approximate surface area is 190 Å². The molecule has 2 aliphatic rings. The van der Waals surface area contributed by atoms with E-state index >= 15 is 0 Å². The molecule has 1 aliphatic heterocycles. The van der Waals surface area contributed by atoms with Gasteiger partial charge in [-0.25, -0.2) is 4.79 Å². The number of primary amides is 1. The van der Waals surface area contributed by atoms with E-state index in [2.05, 4.69) is 15.6 Å². The molecule has 4 rings (SSSR count). The van der Waals surface area contributed by atoms with Crippen molar-refractivity contribution in [3.8, 4) is 0 Å². The number of hydrogen-bond acceptors (Lipinski definition) is 6. The fourth-order valence-corrected chi connectivity index (χ4v) is 5.24. The number of aromatic nitrogens is 1. The van der Waals surface area contributed by atoms with Crippen LogP contribution in [0.15, 0.2) is 28.9 Å². The monoisotopic (exact) mass is 459 g/mol. The highest BCUT2D eigenvalue weighted by atomic mass is 32.2. The molecule has 172 valence electrons. The molecule has 32 heavy (non-hydrogen) atoms. The number of hydrogen-bond donors (Lipinski definition) is 3. The predicted octanol–water partition coefficient (Wildman–Crippen LogP) is 2.12. The van der Waals surface area contributed by atoms with Gasteiger partial charge in [0.25, 0.3) is 5.91 Å². The lowest BCUT2D eigenvalue weighted by Gasteiger charge is -2.37. The first-order valence-corrected chi connectivity index (χ1v) is 12.3. The summed E-state index contributed by atoms with van der Waals surface area (Å²) >= 11 is 1.59. The summed E-state index contributed by atoms with van der Waals surface area (Å²) < 4.78 is 5.78. The largest absolute Gasteiger partial charge is 0.451 e. The Morgan fingerprint density at radius 3 is 2.88 bits per heavy atom. The Morgan fingerprint density at radius 1 is 1.41 bits per heavy atom. The van der Waals surface area contributed by atoms with E-state index in [1.807, 2.05) is 11.2 Å². The summed E-state index contributed by atoms with van der Waals surface area (Å²) in [6, 6.07) is 1.92. The van der Waals surface area contributed by atoms with Crippen LogP contribution in [0.2, 0.25) is 0 Å². The van der Waals surface area contributed by atoms with Gasteiger partial charge in [-0.15, -0.1) is 0 Å². The number of nitrogens with zero attached hydrogens (tertiary/aromatic N) is 2. The van der Waals surface area contributed by atoms with Crippen LogP contribution >= 0.6 is 11.8 Å². The SMILES string of the molecule is CSCC[C@H](NC(N)=O)C(=O)NCC1CC2(CCC2)CN1C(=O)c1cc2cnccc2o1. The van der Waals surface area contributed by atoms with Crippen molar-refractivity contribution in [2.75, 3.05) is 25.1 Å². The van der Waals surface area contributed by atoms with Crippen molar-refractivity contribution in [2.45, 2.75) is 44.2 Å². The van der Waals surface area contributed by atoms with Gasteiger partial charge in [0.15, 0.2) is 5.76 Å². The van der Waals surface area contributed by atoms with Gasteiger partial charge in [0, 0.05) is 30.9 Å². The summed E-state index contributed by atoms with van der Waals surface area (Å²) in [5.74, 6) is 0.554. The lowest BCUT2D eigenvalue weighted by Crippen LogP contribution is -2.51. The third-order valence-electron chi connectivity index (χ3n) is 6.57. The molecule has 2 atom stereocenters. The molecule has 4 N–H and O–H groups in total. The minimum absolute atomic E-state index is 0.127. The van der Waals surface area contributed by atoms with Gasteiger partial charge in [0.1, 0.15) is 11.6 Å². The summed E-state index contributed by atoms with van der Waals surface area (Å²) in [5, 5.41) is 6.23. The molecule has 1 unspecified atom stereocenters. The van der Waals surface area contributed by atoms with Crippen LogP contribution < -0.4 is 16.4 Å². The van der Waals surface area contributed by atoms with Crippen LogP contribution in [-0.4, -0.2) is 64.9 Å². The number of pyridine rings is 1. The van der Waals surface area contributed by atoms with Gasteiger partial charge in [0.2, 0.25) is 5.91 Å². The van der Waals surface area contributed by atoms with Crippen LogP contribution in [0.5, 0.6) is 0 Å². The molecule has 2 aromatic heterocycles. The van der Waals surface area contributed by atoms with Gasteiger partial charge >= 0.3 is 6.03 Å². The van der Waals surface area contributed by atoms with Gasteiger partial charge in [-0.3, -0.25) is 14.6 Å². The first-order valence-electron chi connectivity index (χ1n) is 10.9. The Bertz CT molecular complexity index is 972. The van der Waals surface area contributed by atoms with E-state index in [9.17, 15) is 14.4 Å². The molecule has 0 radical (unpaired) electrons. The van der Waals surface area contributed by atoms with Gasteiger partial charge in [-0.05, 0) is 55.2 Å². The number of likely N-dealkylation sites (tertiary alicyclic amines) is 1. The Hall–Kier alpha value is -2.75. The number of carbonyl (C=O) groups is 3. The summed E-state index contributed by atoms with van der Waals surface area (Å²) in [5.41, 5.74) is 5.99. The zero-order valence-corrected chi connectivity index (χ0v) is 19.0. The van der Waals surface area contributed by atoms with E-state index in [0.717, 1.165) is 36.8 Å². The Balaban J connectivity index is 1.46. The molecule has 10 heteroatoms. The van der Waals surface area contributed by atoms with Crippen molar-refractivity contribution < 1.29 is 18.8 Å². The van der Waals surface area contributed by atoms with E-state index in [4.69, 9.17) is 10.2 Å². The third kappa shape index (κ3) is 4.69. The lowest BCUT2D eigenvalue weighted by molar-refractivity contribution is -0.123. The number of fused-ring (bicyclic) bond motifs is 1. The lowest BCUT2D eigenvalue weighted by atomic mass is 9.67. The molecular formula is C22H29N5O4S. The quantitative estimate of drug-likeness (QED) is 0.554. The van der Waals surface area contributed by atoms with Crippen LogP contribution in [0.1, 0.15) is 42.7 Å². The molecule has 1 aliphatic carbocycles. The molecule has 2 fully saturated rings. The van der Waals surface area contributed by atoms with Gasteiger partial charge in [-0.1, -0.05) is 6.42 Å². The summed E-state index contributed by atoms with van der Waals surface area (Å²) in [6.07, 6.45) is 9.91. The Morgan fingerprint density at radius 2 is 2.22 bits per heavy atom. The molecule has 1 spiro atoms. The average molecular weight is 460 g/mol. The van der Waals surface area contributed by atoms with E-state index in [1.165, 1.54) is 0 Å². The van der Waals surface area contributed by atoms with Crippen LogP contribution in [0.25, 0.3) is 11.0 Å². The first kappa shape index (κ1) is 22.4. The molecule has 9 nitrogen and oxygen atoms in total. The molecular weight excluding hydrogens is 430 g/mol. The molecule has 0 bridgehead atoms. The standard InChI is InChI=1S/C22H29N5O4S/c1-32-8-4-16(26-21(23)30)19(28)25-12-15-10-22(5-2-6-22)13-27(15)20(29)18-9-14-11-24-7-3-17(14)31-18/h3,7,9,11,15-16H,2,4-6,8,10,12-13H2,1H3,(H,25,28)(H3,23,26,30)/t15?,16-/m0/s1. The molecule has 4 amide bonds. The number of furan rings is 1. The normalized spacial score (nSPS) is 20.2. The maximum absolute atomic E-state index is 13.3. The molecule has 0 aromatic carbocycles. The fraction of sp³-hybridized carbons (Fsp3) is 0.545. The molecule has 2 aromatic rings. The third-order valence-corrected chi connectivity index (χ3v) is 7.22. The van der Waals surface area contributed by atoms with Crippen LogP contribution in [0.4, 0.5) is 4.79 Å². The molecule has 1 saturated carbocycles. The van der Waals surface area contributed by atoms with E-state index in [0.29, 0.717) is 25.1 Å². The topological polar surface area (TPSA) is 131 Å². The smallest absolute Gasteiger partial charge is 0.312 e. The Kier molecular flexibility index (Phi) is 6.59. The minimum Gasteiger partial charge on any atom is -0.451 e. The number of urea groups is 1. The maximum atomic E-state index is 13.3. The first-order chi connectivity index (χ1) is 15.4.